The normalized spacial score (nSPS) is 13.7. The van der Waals surface area contributed by atoms with E-state index >= 15 is 0 Å². The molecule has 2 aliphatic carbocycles. The summed E-state index contributed by atoms with van der Waals surface area (Å²) in [7, 11) is 0. The van der Waals surface area contributed by atoms with E-state index in [1.54, 1.807) is 11.3 Å². The van der Waals surface area contributed by atoms with E-state index in [4.69, 9.17) is 15.0 Å². The van der Waals surface area contributed by atoms with Crippen molar-refractivity contribution in [3.63, 3.8) is 0 Å². The largest absolute Gasteiger partial charge is 0.209 e. The highest BCUT2D eigenvalue weighted by Gasteiger charge is 2.25. The monoisotopic (exact) mass is 825 g/mol. The van der Waals surface area contributed by atoms with Gasteiger partial charge in [-0.3, -0.25) is 0 Å². The molecule has 0 atom stereocenters. The maximum Gasteiger partial charge on any atom is 0.174 e. The minimum absolute atomic E-state index is 0.669. The van der Waals surface area contributed by atoms with Crippen molar-refractivity contribution in [2.75, 3.05) is 0 Å². The van der Waals surface area contributed by atoms with Crippen molar-refractivity contribution in [3.05, 3.63) is 229 Å². The van der Waals surface area contributed by atoms with Crippen LogP contribution in [0.25, 0.3) is 93.4 Å². The molecule has 11 rings (SSSR count). The van der Waals surface area contributed by atoms with E-state index in [9.17, 15) is 0 Å². The zero-order valence-corrected chi connectivity index (χ0v) is 35.6. The van der Waals surface area contributed by atoms with Crippen LogP contribution in [0.15, 0.2) is 212 Å². The third-order valence-electron chi connectivity index (χ3n) is 12.1. The van der Waals surface area contributed by atoms with Gasteiger partial charge in [0.05, 0.1) is 4.88 Å². The number of nitrogens with zero attached hydrogens (tertiary/aromatic N) is 3. The Bertz CT molecular complexity index is 3200. The molecule has 0 saturated heterocycles. The van der Waals surface area contributed by atoms with Crippen molar-refractivity contribution in [1.29, 1.82) is 0 Å². The summed E-state index contributed by atoms with van der Waals surface area (Å²) in [5, 5.41) is 1.19. The van der Waals surface area contributed by atoms with Gasteiger partial charge >= 0.3 is 0 Å². The minimum Gasteiger partial charge on any atom is -0.209 e. The summed E-state index contributed by atoms with van der Waals surface area (Å²) in [6.45, 7) is 0. The highest BCUT2D eigenvalue weighted by atomic mass is 32.1. The van der Waals surface area contributed by atoms with Gasteiger partial charge in [0.25, 0.3) is 0 Å². The van der Waals surface area contributed by atoms with Crippen molar-refractivity contribution >= 4 is 38.1 Å². The summed E-state index contributed by atoms with van der Waals surface area (Å²) < 4.78 is 1.22. The Kier molecular flexibility index (Phi) is 10.4. The molecule has 4 heteroatoms. The van der Waals surface area contributed by atoms with Crippen LogP contribution in [0.5, 0.6) is 0 Å². The zero-order valence-electron chi connectivity index (χ0n) is 34.8. The van der Waals surface area contributed by atoms with Gasteiger partial charge in [-0.15, -0.1) is 11.3 Å². The van der Waals surface area contributed by atoms with E-state index in [1.807, 2.05) is 0 Å². The first-order chi connectivity index (χ1) is 31.2. The Morgan fingerprint density at radius 3 is 1.59 bits per heavy atom. The van der Waals surface area contributed by atoms with E-state index in [1.165, 1.54) is 71.3 Å². The second-order valence-corrected chi connectivity index (χ2v) is 17.2. The van der Waals surface area contributed by atoms with Crippen molar-refractivity contribution in [3.8, 4) is 66.6 Å². The number of rotatable bonds is 9. The van der Waals surface area contributed by atoms with Crippen LogP contribution in [0.1, 0.15) is 42.6 Å². The summed E-state index contributed by atoms with van der Waals surface area (Å²) in [4.78, 5) is 16.6. The lowest BCUT2D eigenvalue weighted by Gasteiger charge is -2.25. The fourth-order valence-corrected chi connectivity index (χ4v) is 10.0. The van der Waals surface area contributed by atoms with Gasteiger partial charge in [-0.1, -0.05) is 194 Å². The molecule has 0 amide bonds. The molecule has 0 aliphatic heterocycles. The molecule has 3 nitrogen and oxygen atoms in total. The first kappa shape index (κ1) is 38.4. The summed E-state index contributed by atoms with van der Waals surface area (Å²) >= 11 is 1.72. The van der Waals surface area contributed by atoms with Crippen LogP contribution in [0.4, 0.5) is 0 Å². The second kappa shape index (κ2) is 17.1. The number of benzene rings is 7. The molecule has 63 heavy (non-hydrogen) atoms. The van der Waals surface area contributed by atoms with Crippen LogP contribution in [-0.4, -0.2) is 15.0 Å². The maximum atomic E-state index is 5.22. The van der Waals surface area contributed by atoms with Crippen LogP contribution in [0.2, 0.25) is 0 Å². The molecule has 0 spiro atoms. The number of hydrogen-bond acceptors (Lipinski definition) is 4. The number of hydrogen-bond donors (Lipinski definition) is 0. The molecule has 2 aliphatic rings. The van der Waals surface area contributed by atoms with Crippen LogP contribution < -0.4 is 0 Å². The lowest BCUT2D eigenvalue weighted by Crippen LogP contribution is -2.04. The minimum atomic E-state index is 0.669. The summed E-state index contributed by atoms with van der Waals surface area (Å²) in [5.74, 6) is 2.10. The molecular weight excluding hydrogens is 783 g/mol. The fourth-order valence-electron chi connectivity index (χ4n) is 9.02. The zero-order chi connectivity index (χ0) is 42.0. The first-order valence-corrected chi connectivity index (χ1v) is 22.6. The Morgan fingerprint density at radius 1 is 0.397 bits per heavy atom. The third-order valence-corrected chi connectivity index (χ3v) is 13.2. The van der Waals surface area contributed by atoms with E-state index in [0.717, 1.165) is 53.1 Å². The smallest absolute Gasteiger partial charge is 0.174 e. The van der Waals surface area contributed by atoms with E-state index in [-0.39, 0.29) is 0 Å². The quantitative estimate of drug-likeness (QED) is 0.146. The highest BCUT2D eigenvalue weighted by Crippen LogP contribution is 2.49. The van der Waals surface area contributed by atoms with Gasteiger partial charge in [0, 0.05) is 10.3 Å². The van der Waals surface area contributed by atoms with E-state index in [2.05, 4.69) is 212 Å². The molecule has 0 radical (unpaired) electrons. The lowest BCUT2D eigenvalue weighted by atomic mass is 9.78. The second-order valence-electron chi connectivity index (χ2n) is 16.1. The predicted octanol–water partition coefficient (Wildman–Crippen LogP) is 16.1. The number of allylic oxidation sites excluding steroid dienone is 8. The van der Waals surface area contributed by atoms with Crippen molar-refractivity contribution < 1.29 is 0 Å². The summed E-state index contributed by atoms with van der Waals surface area (Å²) in [6.07, 6.45) is 15.3. The third kappa shape index (κ3) is 7.71. The SMILES string of the molecule is C1=CC(c2c(-c3ccccc3)cc(-c3ccc(-c4nc(C5=CC=C(c6ccccc6)CC5)nc(-c5cc6ccccc6s5)n4)cc3)c(-c3ccccc3)c2-c2ccccc2)=CCC1. The molecule has 300 valence electrons. The Balaban J connectivity index is 1.09. The summed E-state index contributed by atoms with van der Waals surface area (Å²) in [5.41, 5.74) is 16.7. The van der Waals surface area contributed by atoms with E-state index < -0.39 is 0 Å². The van der Waals surface area contributed by atoms with Gasteiger partial charge in [0.15, 0.2) is 17.5 Å². The average molecular weight is 826 g/mol. The molecule has 0 N–H and O–H groups in total. The van der Waals surface area contributed by atoms with Gasteiger partial charge in [-0.05, 0) is 122 Å². The first-order valence-electron chi connectivity index (χ1n) is 21.8. The van der Waals surface area contributed by atoms with Crippen molar-refractivity contribution in [2.24, 2.45) is 0 Å². The van der Waals surface area contributed by atoms with Crippen molar-refractivity contribution in [1.82, 2.24) is 15.0 Å². The maximum absolute atomic E-state index is 5.22. The van der Waals surface area contributed by atoms with Crippen LogP contribution in [0, 0.1) is 0 Å². The molecule has 0 unspecified atom stereocenters. The van der Waals surface area contributed by atoms with Crippen LogP contribution in [0.3, 0.4) is 0 Å². The molecular formula is C59H43N3S. The van der Waals surface area contributed by atoms with Crippen molar-refractivity contribution in [2.45, 2.75) is 25.7 Å². The Morgan fingerprint density at radius 2 is 0.937 bits per heavy atom. The van der Waals surface area contributed by atoms with Crippen LogP contribution >= 0.6 is 11.3 Å². The molecule has 2 heterocycles. The molecule has 2 aromatic heterocycles. The van der Waals surface area contributed by atoms with Gasteiger partial charge in [-0.2, -0.15) is 0 Å². The summed E-state index contributed by atoms with van der Waals surface area (Å²) in [6, 6.07) is 65.3. The van der Waals surface area contributed by atoms with Crippen LogP contribution in [-0.2, 0) is 0 Å². The molecule has 9 aromatic rings. The highest BCUT2D eigenvalue weighted by molar-refractivity contribution is 7.22. The van der Waals surface area contributed by atoms with Gasteiger partial charge in [0.1, 0.15) is 0 Å². The molecule has 7 aromatic carbocycles. The van der Waals surface area contributed by atoms with E-state index in [0.29, 0.717) is 11.6 Å². The molecule has 0 bridgehead atoms. The molecule has 0 fully saturated rings. The Hall–Kier alpha value is -7.53. The number of thiophene rings is 1. The number of aromatic nitrogens is 3. The standard InChI is InChI=1S/C59H43N3S/c1-6-18-40(19-7-1)41-30-34-47(35-31-41)57-60-58(62-59(61-57)53-38-49-28-16-17-29-52(49)63-53)48-36-32-43(33-37-48)51-39-50(42-20-8-2-9-21-42)54(44-22-10-3-11-23-44)56(46-26-14-5-15-27-46)55(51)45-24-12-4-13-25-45/h1-2,4-10,12-30,32-34,36-39H,3,11,31,35H2. The average Bonchev–Trinajstić information content (AvgIpc) is 3.82. The fraction of sp³-hybridized carbons (Fsp3) is 0.0678. The number of fused-ring (bicyclic) bond motifs is 1. The topological polar surface area (TPSA) is 38.7 Å². The van der Waals surface area contributed by atoms with Gasteiger partial charge in [-0.25, -0.2) is 15.0 Å². The Labute approximate surface area is 372 Å². The lowest BCUT2D eigenvalue weighted by molar-refractivity contribution is 0.987. The molecule has 0 saturated carbocycles. The predicted molar refractivity (Wildman–Crippen MR) is 266 cm³/mol. The van der Waals surface area contributed by atoms with Gasteiger partial charge in [0.2, 0.25) is 0 Å². The van der Waals surface area contributed by atoms with Gasteiger partial charge < -0.3 is 0 Å².